The summed E-state index contributed by atoms with van der Waals surface area (Å²) in [5.74, 6) is 0. The first-order valence-electron chi connectivity index (χ1n) is 6.31. The summed E-state index contributed by atoms with van der Waals surface area (Å²) in [7, 11) is 3.48. The minimum Gasteiger partial charge on any atom is -0.383 e. The number of aryl methyl sites for hydroxylation is 1. The zero-order valence-corrected chi connectivity index (χ0v) is 11.0. The van der Waals surface area contributed by atoms with Gasteiger partial charge in [-0.2, -0.15) is 0 Å². The number of urea groups is 1. The summed E-state index contributed by atoms with van der Waals surface area (Å²) in [5.41, 5.74) is 2.64. The van der Waals surface area contributed by atoms with Crippen LogP contribution in [0.15, 0.2) is 24.3 Å². The van der Waals surface area contributed by atoms with E-state index in [9.17, 15) is 4.79 Å². The SMILES string of the molecule is COCCNC(=O)N(C)[C@H]1CCc2ccccc21. The first-order valence-corrected chi connectivity index (χ1v) is 6.31. The zero-order valence-electron chi connectivity index (χ0n) is 11.0. The Morgan fingerprint density at radius 1 is 1.50 bits per heavy atom. The van der Waals surface area contributed by atoms with E-state index in [1.165, 1.54) is 11.1 Å². The number of hydrogen-bond acceptors (Lipinski definition) is 2. The first-order chi connectivity index (χ1) is 8.74. The molecular weight excluding hydrogens is 228 g/mol. The van der Waals surface area contributed by atoms with E-state index in [2.05, 4.69) is 23.5 Å². The van der Waals surface area contributed by atoms with Crippen LogP contribution in [0.2, 0.25) is 0 Å². The van der Waals surface area contributed by atoms with Crippen molar-refractivity contribution in [3.8, 4) is 0 Å². The van der Waals surface area contributed by atoms with Crippen LogP contribution in [0.25, 0.3) is 0 Å². The molecule has 2 rings (SSSR count). The molecule has 1 N–H and O–H groups in total. The molecule has 1 aliphatic carbocycles. The molecule has 0 aromatic heterocycles. The summed E-state index contributed by atoms with van der Waals surface area (Å²) in [6.07, 6.45) is 2.06. The van der Waals surface area contributed by atoms with Gasteiger partial charge in [0.15, 0.2) is 0 Å². The van der Waals surface area contributed by atoms with Crippen molar-refractivity contribution in [1.29, 1.82) is 0 Å². The molecule has 0 unspecified atom stereocenters. The van der Waals surface area contributed by atoms with Gasteiger partial charge in [-0.15, -0.1) is 0 Å². The normalized spacial score (nSPS) is 17.3. The van der Waals surface area contributed by atoms with Crippen molar-refractivity contribution in [2.75, 3.05) is 27.3 Å². The fourth-order valence-electron chi connectivity index (χ4n) is 2.46. The second-order valence-electron chi connectivity index (χ2n) is 4.59. The molecule has 0 saturated heterocycles. The summed E-state index contributed by atoms with van der Waals surface area (Å²) in [5, 5.41) is 2.85. The Balaban J connectivity index is 1.98. The predicted molar refractivity (Wildman–Crippen MR) is 70.5 cm³/mol. The van der Waals surface area contributed by atoms with E-state index in [1.807, 2.05) is 13.1 Å². The lowest BCUT2D eigenvalue weighted by Gasteiger charge is -2.25. The highest BCUT2D eigenvalue weighted by atomic mass is 16.5. The van der Waals surface area contributed by atoms with Gasteiger partial charge >= 0.3 is 6.03 Å². The van der Waals surface area contributed by atoms with Crippen molar-refractivity contribution < 1.29 is 9.53 Å². The molecule has 0 spiro atoms. The molecule has 0 saturated carbocycles. The fraction of sp³-hybridized carbons (Fsp3) is 0.500. The molecule has 0 bridgehead atoms. The van der Waals surface area contributed by atoms with Gasteiger partial charge in [-0.05, 0) is 24.0 Å². The van der Waals surface area contributed by atoms with Crippen LogP contribution in [-0.4, -0.2) is 38.2 Å². The summed E-state index contributed by atoms with van der Waals surface area (Å²) >= 11 is 0. The van der Waals surface area contributed by atoms with Crippen molar-refractivity contribution in [2.24, 2.45) is 0 Å². The van der Waals surface area contributed by atoms with Crippen molar-refractivity contribution in [1.82, 2.24) is 10.2 Å². The van der Waals surface area contributed by atoms with E-state index in [0.717, 1.165) is 12.8 Å². The molecule has 98 valence electrons. The van der Waals surface area contributed by atoms with Crippen LogP contribution in [0.5, 0.6) is 0 Å². The van der Waals surface area contributed by atoms with Crippen LogP contribution in [0.4, 0.5) is 4.79 Å². The number of nitrogens with zero attached hydrogens (tertiary/aromatic N) is 1. The zero-order chi connectivity index (χ0) is 13.0. The number of rotatable bonds is 4. The average Bonchev–Trinajstić information content (AvgIpc) is 2.82. The summed E-state index contributed by atoms with van der Waals surface area (Å²) in [6, 6.07) is 8.52. The Morgan fingerprint density at radius 2 is 2.28 bits per heavy atom. The molecule has 0 fully saturated rings. The largest absolute Gasteiger partial charge is 0.383 e. The molecular formula is C14H20N2O2. The number of hydrogen-bond donors (Lipinski definition) is 1. The maximum atomic E-state index is 12.0. The van der Waals surface area contributed by atoms with E-state index in [0.29, 0.717) is 13.2 Å². The molecule has 4 nitrogen and oxygen atoms in total. The van der Waals surface area contributed by atoms with Crippen molar-refractivity contribution >= 4 is 6.03 Å². The van der Waals surface area contributed by atoms with Crippen LogP contribution in [0.3, 0.4) is 0 Å². The van der Waals surface area contributed by atoms with Crippen LogP contribution < -0.4 is 5.32 Å². The lowest BCUT2D eigenvalue weighted by molar-refractivity contribution is 0.175. The van der Waals surface area contributed by atoms with Gasteiger partial charge in [-0.1, -0.05) is 24.3 Å². The van der Waals surface area contributed by atoms with Gasteiger partial charge in [0, 0.05) is 20.7 Å². The molecule has 1 aliphatic rings. The van der Waals surface area contributed by atoms with Gasteiger partial charge in [-0.3, -0.25) is 0 Å². The molecule has 2 amide bonds. The number of benzene rings is 1. The number of amides is 2. The Labute approximate surface area is 108 Å². The third kappa shape index (κ3) is 2.64. The van der Waals surface area contributed by atoms with Gasteiger partial charge < -0.3 is 15.0 Å². The molecule has 0 aliphatic heterocycles. The van der Waals surface area contributed by atoms with Crippen molar-refractivity contribution in [3.63, 3.8) is 0 Å². The topological polar surface area (TPSA) is 41.6 Å². The van der Waals surface area contributed by atoms with E-state index in [-0.39, 0.29) is 12.1 Å². The highest BCUT2D eigenvalue weighted by Crippen LogP contribution is 2.34. The smallest absolute Gasteiger partial charge is 0.317 e. The molecule has 4 heteroatoms. The van der Waals surface area contributed by atoms with E-state index in [4.69, 9.17) is 4.74 Å². The van der Waals surface area contributed by atoms with Crippen molar-refractivity contribution in [3.05, 3.63) is 35.4 Å². The molecule has 0 radical (unpaired) electrons. The summed E-state index contributed by atoms with van der Waals surface area (Å²) in [4.78, 5) is 13.8. The first kappa shape index (κ1) is 12.9. The molecule has 1 aromatic carbocycles. The quantitative estimate of drug-likeness (QED) is 0.828. The van der Waals surface area contributed by atoms with E-state index < -0.39 is 0 Å². The monoisotopic (exact) mass is 248 g/mol. The van der Waals surface area contributed by atoms with Gasteiger partial charge in [0.25, 0.3) is 0 Å². The van der Waals surface area contributed by atoms with Gasteiger partial charge in [0.1, 0.15) is 0 Å². The van der Waals surface area contributed by atoms with Crippen LogP contribution in [-0.2, 0) is 11.2 Å². The molecule has 18 heavy (non-hydrogen) atoms. The Bertz CT molecular complexity index is 420. The second-order valence-corrected chi connectivity index (χ2v) is 4.59. The number of ether oxygens (including phenoxy) is 1. The highest BCUT2D eigenvalue weighted by molar-refractivity contribution is 5.74. The second kappa shape index (κ2) is 5.87. The number of carbonyl (C=O) groups excluding carboxylic acids is 1. The van der Waals surface area contributed by atoms with Crippen LogP contribution >= 0.6 is 0 Å². The van der Waals surface area contributed by atoms with Gasteiger partial charge in [0.05, 0.1) is 12.6 Å². The lowest BCUT2D eigenvalue weighted by Crippen LogP contribution is -2.40. The summed E-state index contributed by atoms with van der Waals surface area (Å²) in [6.45, 7) is 1.09. The third-order valence-electron chi connectivity index (χ3n) is 3.47. The highest BCUT2D eigenvalue weighted by Gasteiger charge is 2.27. The number of methoxy groups -OCH3 is 1. The predicted octanol–water partition coefficient (Wildman–Crippen LogP) is 1.96. The number of fused-ring (bicyclic) bond motifs is 1. The molecule has 0 heterocycles. The number of nitrogens with one attached hydrogen (secondary N) is 1. The Kier molecular flexibility index (Phi) is 4.20. The van der Waals surface area contributed by atoms with Gasteiger partial charge in [0.2, 0.25) is 0 Å². The van der Waals surface area contributed by atoms with E-state index in [1.54, 1.807) is 12.0 Å². The third-order valence-corrected chi connectivity index (χ3v) is 3.47. The average molecular weight is 248 g/mol. The maximum Gasteiger partial charge on any atom is 0.317 e. The standard InChI is InChI=1S/C14H20N2O2/c1-16(14(17)15-9-10-18-2)13-8-7-11-5-3-4-6-12(11)13/h3-6,13H,7-10H2,1-2H3,(H,15,17)/t13-/m0/s1. The fourth-order valence-corrected chi connectivity index (χ4v) is 2.46. The number of carbonyl (C=O) groups is 1. The minimum absolute atomic E-state index is 0.0336. The van der Waals surface area contributed by atoms with Gasteiger partial charge in [-0.25, -0.2) is 4.79 Å². The van der Waals surface area contributed by atoms with E-state index >= 15 is 0 Å². The van der Waals surface area contributed by atoms with Crippen LogP contribution in [0.1, 0.15) is 23.6 Å². The Morgan fingerprint density at radius 3 is 3.06 bits per heavy atom. The maximum absolute atomic E-state index is 12.0. The summed E-state index contributed by atoms with van der Waals surface area (Å²) < 4.78 is 4.92. The lowest BCUT2D eigenvalue weighted by atomic mass is 10.1. The minimum atomic E-state index is -0.0336. The Hall–Kier alpha value is -1.55. The molecule has 1 atom stereocenters. The van der Waals surface area contributed by atoms with Crippen molar-refractivity contribution in [2.45, 2.75) is 18.9 Å². The van der Waals surface area contributed by atoms with Crippen LogP contribution in [0, 0.1) is 0 Å². The molecule has 1 aromatic rings.